The molecule has 2 aliphatic carbocycles. The molecule has 1 N–H and O–H groups in total. The van der Waals surface area contributed by atoms with Crippen molar-refractivity contribution in [2.24, 2.45) is 7.05 Å². The number of carbonyl (C=O) groups is 4. The molecule has 0 radical (unpaired) electrons. The summed E-state index contributed by atoms with van der Waals surface area (Å²) < 4.78 is 21.0. The molecular weight excluding hydrogens is 555 g/mol. The van der Waals surface area contributed by atoms with E-state index in [0.717, 1.165) is 27.2 Å². The highest BCUT2D eigenvalue weighted by molar-refractivity contribution is 6.06. The van der Waals surface area contributed by atoms with Crippen LogP contribution in [0.2, 0.25) is 0 Å². The van der Waals surface area contributed by atoms with E-state index in [1.54, 1.807) is 27.9 Å². The Bertz CT molecular complexity index is 1640. The van der Waals surface area contributed by atoms with Crippen molar-refractivity contribution < 1.29 is 33.4 Å². The fraction of sp³-hybridized carbons (Fsp3) is 0.344. The standard InChI is InChI=1S/C32H31FN4O6/c1-35-18-24(16-34-35)22-6-11-27-23(15-22)12-13-32(27)30(41)37(31(42)43-32)19-28(38)36(17-21-2-7-25(33)8-3-21)26-9-4-20(5-10-26)14-29(39)40/h2-3,6-8,11,14-16,18,26H,4-5,9-10,12-13,17,19H2,1H3,(H,39,40)/t26?,32-/m1/s1. The van der Waals surface area contributed by atoms with Gasteiger partial charge in [0.05, 0.1) is 6.20 Å². The second-order valence-electron chi connectivity index (χ2n) is 11.4. The third kappa shape index (κ3) is 5.42. The summed E-state index contributed by atoms with van der Waals surface area (Å²) in [7, 11) is 1.83. The van der Waals surface area contributed by atoms with Crippen LogP contribution < -0.4 is 0 Å². The highest BCUT2D eigenvalue weighted by atomic mass is 19.1. The molecule has 2 aromatic carbocycles. The fourth-order valence-electron chi connectivity index (χ4n) is 6.44. The zero-order valence-electron chi connectivity index (χ0n) is 23.7. The second-order valence-corrected chi connectivity index (χ2v) is 11.4. The lowest BCUT2D eigenvalue weighted by Gasteiger charge is -2.36. The molecule has 10 nitrogen and oxygen atoms in total. The molecule has 1 aliphatic heterocycles. The second kappa shape index (κ2) is 11.1. The number of rotatable bonds is 7. The van der Waals surface area contributed by atoms with Gasteiger partial charge in [-0.25, -0.2) is 18.9 Å². The first-order valence-corrected chi connectivity index (χ1v) is 14.3. The van der Waals surface area contributed by atoms with E-state index in [-0.39, 0.29) is 19.0 Å². The molecule has 11 heteroatoms. The van der Waals surface area contributed by atoms with E-state index in [9.17, 15) is 23.6 Å². The summed E-state index contributed by atoms with van der Waals surface area (Å²) >= 11 is 0. The van der Waals surface area contributed by atoms with E-state index in [2.05, 4.69) is 5.10 Å². The molecule has 1 spiro atoms. The molecule has 3 amide bonds. The Morgan fingerprint density at radius 3 is 2.53 bits per heavy atom. The van der Waals surface area contributed by atoms with Gasteiger partial charge >= 0.3 is 12.1 Å². The molecule has 1 aromatic heterocycles. The maximum Gasteiger partial charge on any atom is 0.418 e. The molecule has 3 aliphatic rings. The number of carbonyl (C=O) groups excluding carboxylic acids is 3. The van der Waals surface area contributed by atoms with Gasteiger partial charge < -0.3 is 14.7 Å². The number of benzene rings is 2. The number of imide groups is 1. The van der Waals surface area contributed by atoms with Crippen molar-refractivity contribution in [3.63, 3.8) is 0 Å². The lowest BCUT2D eigenvalue weighted by atomic mass is 9.89. The number of aliphatic carboxylic acids is 1. The van der Waals surface area contributed by atoms with Gasteiger partial charge in [-0.3, -0.25) is 14.3 Å². The lowest BCUT2D eigenvalue weighted by Crippen LogP contribution is -2.48. The van der Waals surface area contributed by atoms with Gasteiger partial charge in [0.2, 0.25) is 11.5 Å². The number of amides is 3. The van der Waals surface area contributed by atoms with Gasteiger partial charge in [-0.2, -0.15) is 5.10 Å². The molecule has 43 heavy (non-hydrogen) atoms. The number of aromatic nitrogens is 2. The predicted molar refractivity (Wildman–Crippen MR) is 152 cm³/mol. The Morgan fingerprint density at radius 1 is 1.12 bits per heavy atom. The van der Waals surface area contributed by atoms with Crippen LogP contribution in [0.3, 0.4) is 0 Å². The SMILES string of the molecule is Cn1cc(-c2ccc3c(c2)CC[C@@]32OC(=O)N(CC(=O)N(Cc3ccc(F)cc3)C3CCC(=CC(=O)O)CC3)C2=O)cn1. The number of aryl methyl sites for hydroxylation is 2. The molecule has 2 fully saturated rings. The van der Waals surface area contributed by atoms with E-state index in [4.69, 9.17) is 9.84 Å². The first kappa shape index (κ1) is 28.3. The minimum absolute atomic E-state index is 0.157. The summed E-state index contributed by atoms with van der Waals surface area (Å²) in [6, 6.07) is 11.2. The summed E-state index contributed by atoms with van der Waals surface area (Å²) in [5.41, 5.74) is 3.43. The molecule has 1 saturated carbocycles. The molecule has 0 bridgehead atoms. The molecule has 1 atom stereocenters. The Hall–Kier alpha value is -4.80. The number of nitrogens with zero attached hydrogens (tertiary/aromatic N) is 4. The molecule has 222 valence electrons. The van der Waals surface area contributed by atoms with Crippen molar-refractivity contribution in [1.82, 2.24) is 19.6 Å². The highest BCUT2D eigenvalue weighted by Crippen LogP contribution is 2.46. The highest BCUT2D eigenvalue weighted by Gasteiger charge is 2.58. The van der Waals surface area contributed by atoms with Gasteiger partial charge in [-0.15, -0.1) is 0 Å². The number of carboxylic acid groups (broad SMARTS) is 1. The van der Waals surface area contributed by atoms with Gasteiger partial charge in [-0.1, -0.05) is 35.9 Å². The monoisotopic (exact) mass is 586 g/mol. The smallest absolute Gasteiger partial charge is 0.418 e. The molecule has 0 unspecified atom stereocenters. The van der Waals surface area contributed by atoms with E-state index in [1.165, 1.54) is 18.2 Å². The Kier molecular flexibility index (Phi) is 7.33. The lowest BCUT2D eigenvalue weighted by molar-refractivity contribution is -0.143. The number of allylic oxidation sites excluding steroid dienone is 1. The molecule has 3 aromatic rings. The Labute approximate surface area is 247 Å². The minimum Gasteiger partial charge on any atom is -0.478 e. The number of hydrogen-bond donors (Lipinski definition) is 1. The van der Waals surface area contributed by atoms with Crippen molar-refractivity contribution >= 4 is 23.9 Å². The number of carboxylic acids is 1. The van der Waals surface area contributed by atoms with Gasteiger partial charge in [0.1, 0.15) is 12.4 Å². The van der Waals surface area contributed by atoms with Crippen LogP contribution in [0.25, 0.3) is 11.1 Å². The third-order valence-electron chi connectivity index (χ3n) is 8.64. The van der Waals surface area contributed by atoms with Crippen molar-refractivity contribution in [2.75, 3.05) is 6.54 Å². The summed E-state index contributed by atoms with van der Waals surface area (Å²) in [4.78, 5) is 54.4. The summed E-state index contributed by atoms with van der Waals surface area (Å²) in [6.07, 6.45) is 6.90. The first-order valence-electron chi connectivity index (χ1n) is 14.3. The molecule has 6 rings (SSSR count). The Morgan fingerprint density at radius 2 is 1.86 bits per heavy atom. The average molecular weight is 587 g/mol. The number of ether oxygens (including phenoxy) is 1. The Balaban J connectivity index is 1.22. The maximum absolute atomic E-state index is 13.8. The van der Waals surface area contributed by atoms with E-state index in [0.29, 0.717) is 43.2 Å². The van der Waals surface area contributed by atoms with Crippen LogP contribution in [0.15, 0.2) is 66.5 Å². The van der Waals surface area contributed by atoms with Crippen LogP contribution in [0.5, 0.6) is 0 Å². The topological polar surface area (TPSA) is 122 Å². The molecule has 2 heterocycles. The number of hydrogen-bond acceptors (Lipinski definition) is 6. The fourth-order valence-corrected chi connectivity index (χ4v) is 6.44. The van der Waals surface area contributed by atoms with Gasteiger partial charge in [0.15, 0.2) is 0 Å². The molecule has 1 saturated heterocycles. The van der Waals surface area contributed by atoms with Gasteiger partial charge in [0.25, 0.3) is 5.91 Å². The predicted octanol–water partition coefficient (Wildman–Crippen LogP) is 4.33. The average Bonchev–Trinajstić information content (AvgIpc) is 3.65. The summed E-state index contributed by atoms with van der Waals surface area (Å²) in [6.45, 7) is -0.331. The van der Waals surface area contributed by atoms with Crippen LogP contribution in [-0.4, -0.2) is 61.2 Å². The normalized spacial score (nSPS) is 21.2. The zero-order chi connectivity index (χ0) is 30.3. The van der Waals surface area contributed by atoms with E-state index < -0.39 is 41.8 Å². The van der Waals surface area contributed by atoms with Crippen LogP contribution in [0.1, 0.15) is 48.8 Å². The van der Waals surface area contributed by atoms with Crippen LogP contribution in [0, 0.1) is 5.82 Å². The largest absolute Gasteiger partial charge is 0.478 e. The number of fused-ring (bicyclic) bond motifs is 2. The molecular formula is C32H31FN4O6. The quantitative estimate of drug-likeness (QED) is 0.409. The first-order chi connectivity index (χ1) is 20.6. The summed E-state index contributed by atoms with van der Waals surface area (Å²) in [5.74, 6) is -2.40. The van der Waals surface area contributed by atoms with Crippen molar-refractivity contribution in [3.8, 4) is 11.1 Å². The van der Waals surface area contributed by atoms with Gasteiger partial charge in [-0.05, 0) is 60.9 Å². The van der Waals surface area contributed by atoms with Crippen LogP contribution in [-0.2, 0) is 44.7 Å². The summed E-state index contributed by atoms with van der Waals surface area (Å²) in [5, 5.41) is 13.3. The van der Waals surface area contributed by atoms with Crippen molar-refractivity contribution in [2.45, 2.75) is 56.7 Å². The van der Waals surface area contributed by atoms with Crippen LogP contribution in [0.4, 0.5) is 9.18 Å². The third-order valence-corrected chi connectivity index (χ3v) is 8.64. The number of halogens is 1. The maximum atomic E-state index is 13.8. The van der Waals surface area contributed by atoms with Crippen molar-refractivity contribution in [3.05, 3.63) is 89.0 Å². The van der Waals surface area contributed by atoms with Crippen LogP contribution >= 0.6 is 0 Å². The minimum atomic E-state index is -1.47. The zero-order valence-corrected chi connectivity index (χ0v) is 23.7. The van der Waals surface area contributed by atoms with E-state index in [1.807, 2.05) is 31.4 Å². The van der Waals surface area contributed by atoms with Crippen molar-refractivity contribution in [1.29, 1.82) is 0 Å². The van der Waals surface area contributed by atoms with E-state index >= 15 is 0 Å². The van der Waals surface area contributed by atoms with Gasteiger partial charge in [0, 0.05) is 49.5 Å².